The smallest absolute Gasteiger partial charge is 0.0768 e. The van der Waals surface area contributed by atoms with E-state index in [2.05, 4.69) is 25.7 Å². The van der Waals surface area contributed by atoms with E-state index in [-0.39, 0.29) is 0 Å². The summed E-state index contributed by atoms with van der Waals surface area (Å²) in [6, 6.07) is 0. The molecule has 0 radical (unpaired) electrons. The molecule has 0 aromatic carbocycles. The Hall–Kier alpha value is -0.120. The van der Waals surface area contributed by atoms with Gasteiger partial charge in [-0.05, 0) is 45.1 Å². The van der Waals surface area contributed by atoms with Gasteiger partial charge in [0.25, 0.3) is 0 Å². The van der Waals surface area contributed by atoms with Crippen molar-refractivity contribution in [3.63, 3.8) is 0 Å². The van der Waals surface area contributed by atoms with E-state index in [0.717, 1.165) is 51.9 Å². The molecule has 0 spiro atoms. The standard InChI is InChI=1S/C15H31NO2/c1-4-12-18-14-8-7-10-16(11-9-14)13-15(17,5-2)6-3/h14,17H,4-13H2,1-3H3. The molecule has 3 nitrogen and oxygen atoms in total. The molecule has 1 rings (SSSR count). The molecule has 0 saturated carbocycles. The molecule has 1 saturated heterocycles. The van der Waals surface area contributed by atoms with E-state index in [1.807, 2.05) is 0 Å². The van der Waals surface area contributed by atoms with Gasteiger partial charge in [0.2, 0.25) is 0 Å². The number of β-amino-alcohol motifs (C(OH)–C–C–N with tert-alkyl or cyclic N) is 1. The first-order chi connectivity index (χ1) is 8.63. The summed E-state index contributed by atoms with van der Waals surface area (Å²) in [6.07, 6.45) is 6.71. The van der Waals surface area contributed by atoms with Crippen LogP contribution in [0, 0.1) is 0 Å². The van der Waals surface area contributed by atoms with Crippen molar-refractivity contribution in [1.29, 1.82) is 0 Å². The fourth-order valence-electron chi connectivity index (χ4n) is 2.62. The Morgan fingerprint density at radius 2 is 1.89 bits per heavy atom. The van der Waals surface area contributed by atoms with Crippen LogP contribution in [0.5, 0.6) is 0 Å². The lowest BCUT2D eigenvalue weighted by Crippen LogP contribution is -2.42. The van der Waals surface area contributed by atoms with Crippen molar-refractivity contribution in [3.8, 4) is 0 Å². The van der Waals surface area contributed by atoms with E-state index < -0.39 is 5.60 Å². The molecule has 0 bridgehead atoms. The monoisotopic (exact) mass is 257 g/mol. The van der Waals surface area contributed by atoms with Crippen molar-refractivity contribution < 1.29 is 9.84 Å². The Balaban J connectivity index is 2.37. The number of aliphatic hydroxyl groups is 1. The van der Waals surface area contributed by atoms with Crippen molar-refractivity contribution in [1.82, 2.24) is 4.90 Å². The van der Waals surface area contributed by atoms with Gasteiger partial charge in [-0.25, -0.2) is 0 Å². The van der Waals surface area contributed by atoms with E-state index in [4.69, 9.17) is 4.74 Å². The zero-order valence-electron chi connectivity index (χ0n) is 12.5. The first kappa shape index (κ1) is 15.9. The van der Waals surface area contributed by atoms with Crippen molar-refractivity contribution in [2.45, 2.75) is 71.0 Å². The van der Waals surface area contributed by atoms with Gasteiger partial charge in [-0.3, -0.25) is 0 Å². The lowest BCUT2D eigenvalue weighted by atomic mass is 9.97. The first-order valence-electron chi connectivity index (χ1n) is 7.70. The minimum Gasteiger partial charge on any atom is -0.389 e. The second-order valence-electron chi connectivity index (χ2n) is 5.63. The average molecular weight is 257 g/mol. The Morgan fingerprint density at radius 1 is 1.17 bits per heavy atom. The number of ether oxygens (including phenoxy) is 1. The van der Waals surface area contributed by atoms with Gasteiger partial charge in [-0.15, -0.1) is 0 Å². The highest BCUT2D eigenvalue weighted by Crippen LogP contribution is 2.20. The van der Waals surface area contributed by atoms with Crippen LogP contribution in [-0.4, -0.2) is 48.0 Å². The van der Waals surface area contributed by atoms with E-state index in [1.54, 1.807) is 0 Å². The molecule has 1 fully saturated rings. The van der Waals surface area contributed by atoms with Crippen LogP contribution in [0.25, 0.3) is 0 Å². The predicted octanol–water partition coefficient (Wildman–Crippen LogP) is 2.82. The number of nitrogens with zero attached hydrogens (tertiary/aromatic N) is 1. The zero-order chi connectivity index (χ0) is 13.4. The lowest BCUT2D eigenvalue weighted by Gasteiger charge is -2.32. The van der Waals surface area contributed by atoms with Crippen LogP contribution in [0.1, 0.15) is 59.3 Å². The summed E-state index contributed by atoms with van der Waals surface area (Å²) in [6.45, 7) is 10.2. The van der Waals surface area contributed by atoms with Crippen LogP contribution >= 0.6 is 0 Å². The highest BCUT2D eigenvalue weighted by atomic mass is 16.5. The molecular weight excluding hydrogens is 226 g/mol. The van der Waals surface area contributed by atoms with Crippen molar-refractivity contribution >= 4 is 0 Å². The second kappa shape index (κ2) is 8.13. The summed E-state index contributed by atoms with van der Waals surface area (Å²) in [7, 11) is 0. The van der Waals surface area contributed by atoms with Crippen molar-refractivity contribution in [3.05, 3.63) is 0 Å². The quantitative estimate of drug-likeness (QED) is 0.761. The number of likely N-dealkylation sites (tertiary alicyclic amines) is 1. The van der Waals surface area contributed by atoms with Crippen LogP contribution in [0.15, 0.2) is 0 Å². The molecule has 1 aliphatic heterocycles. The van der Waals surface area contributed by atoms with Crippen LogP contribution in [0.4, 0.5) is 0 Å². The van der Waals surface area contributed by atoms with E-state index in [1.165, 1.54) is 12.8 Å². The van der Waals surface area contributed by atoms with Gasteiger partial charge in [0.1, 0.15) is 0 Å². The normalized spacial score (nSPS) is 23.0. The summed E-state index contributed by atoms with van der Waals surface area (Å²) < 4.78 is 5.85. The van der Waals surface area contributed by atoms with E-state index in [0.29, 0.717) is 6.10 Å². The molecule has 1 heterocycles. The van der Waals surface area contributed by atoms with Gasteiger partial charge < -0.3 is 14.7 Å². The van der Waals surface area contributed by atoms with Crippen LogP contribution < -0.4 is 0 Å². The summed E-state index contributed by atoms with van der Waals surface area (Å²) in [4.78, 5) is 2.42. The first-order valence-corrected chi connectivity index (χ1v) is 7.70. The molecule has 1 N–H and O–H groups in total. The highest BCUT2D eigenvalue weighted by molar-refractivity contribution is 4.81. The van der Waals surface area contributed by atoms with Gasteiger partial charge in [0, 0.05) is 19.7 Å². The average Bonchev–Trinajstić information content (AvgIpc) is 2.61. The maximum Gasteiger partial charge on any atom is 0.0768 e. The molecule has 0 aromatic rings. The molecule has 108 valence electrons. The number of hydrogen-bond acceptors (Lipinski definition) is 3. The molecule has 0 aliphatic carbocycles. The maximum atomic E-state index is 10.4. The Bertz CT molecular complexity index is 217. The van der Waals surface area contributed by atoms with Gasteiger partial charge in [0.15, 0.2) is 0 Å². The Labute approximate surface area is 113 Å². The summed E-state index contributed by atoms with van der Waals surface area (Å²) >= 11 is 0. The minimum atomic E-state index is -0.496. The predicted molar refractivity (Wildman–Crippen MR) is 75.9 cm³/mol. The summed E-state index contributed by atoms with van der Waals surface area (Å²) in [5.41, 5.74) is -0.496. The molecule has 1 unspecified atom stereocenters. The maximum absolute atomic E-state index is 10.4. The van der Waals surface area contributed by atoms with Gasteiger partial charge >= 0.3 is 0 Å². The summed E-state index contributed by atoms with van der Waals surface area (Å²) in [5, 5.41) is 10.4. The third-order valence-electron chi connectivity index (χ3n) is 4.16. The Morgan fingerprint density at radius 3 is 2.50 bits per heavy atom. The molecule has 0 amide bonds. The molecular formula is C15H31NO2. The zero-order valence-corrected chi connectivity index (χ0v) is 12.5. The summed E-state index contributed by atoms with van der Waals surface area (Å²) in [5.74, 6) is 0. The topological polar surface area (TPSA) is 32.7 Å². The fraction of sp³-hybridized carbons (Fsp3) is 1.00. The lowest BCUT2D eigenvalue weighted by molar-refractivity contribution is -0.00494. The SMILES string of the molecule is CCCOC1CCCN(CC(O)(CC)CC)CC1. The second-order valence-corrected chi connectivity index (χ2v) is 5.63. The highest BCUT2D eigenvalue weighted by Gasteiger charge is 2.27. The third-order valence-corrected chi connectivity index (χ3v) is 4.16. The molecule has 1 atom stereocenters. The van der Waals surface area contributed by atoms with Gasteiger partial charge in [-0.2, -0.15) is 0 Å². The van der Waals surface area contributed by atoms with Crippen molar-refractivity contribution in [2.75, 3.05) is 26.2 Å². The molecule has 0 aromatic heterocycles. The van der Waals surface area contributed by atoms with Crippen LogP contribution in [0.2, 0.25) is 0 Å². The van der Waals surface area contributed by atoms with Gasteiger partial charge in [0.05, 0.1) is 11.7 Å². The van der Waals surface area contributed by atoms with Crippen LogP contribution in [-0.2, 0) is 4.74 Å². The number of rotatable bonds is 7. The molecule has 3 heteroatoms. The molecule has 18 heavy (non-hydrogen) atoms. The largest absolute Gasteiger partial charge is 0.389 e. The minimum absolute atomic E-state index is 0.436. The Kier molecular flexibility index (Phi) is 7.20. The van der Waals surface area contributed by atoms with Gasteiger partial charge in [-0.1, -0.05) is 20.8 Å². The third kappa shape index (κ3) is 5.25. The van der Waals surface area contributed by atoms with E-state index in [9.17, 15) is 5.11 Å². The van der Waals surface area contributed by atoms with E-state index >= 15 is 0 Å². The molecule has 1 aliphatic rings. The number of hydrogen-bond donors (Lipinski definition) is 1. The fourth-order valence-corrected chi connectivity index (χ4v) is 2.62. The van der Waals surface area contributed by atoms with Crippen LogP contribution in [0.3, 0.4) is 0 Å². The van der Waals surface area contributed by atoms with Crippen molar-refractivity contribution in [2.24, 2.45) is 0 Å².